The molecular formula is C23H39Cl. The third-order valence-electron chi connectivity index (χ3n) is 5.46. The Morgan fingerprint density at radius 3 is 1.96 bits per heavy atom. The summed E-state index contributed by atoms with van der Waals surface area (Å²) in [4.78, 5) is 0. The number of unbranched alkanes of at least 4 members (excludes halogenated alkanes) is 7. The quantitative estimate of drug-likeness (QED) is 0.234. The van der Waals surface area contributed by atoms with E-state index >= 15 is 0 Å². The average Bonchev–Trinajstić information content (AvgIpc) is 2.57. The Morgan fingerprint density at radius 2 is 1.42 bits per heavy atom. The smallest absolute Gasteiger partial charge is 0.0307 e. The lowest BCUT2D eigenvalue weighted by molar-refractivity contribution is 0.270. The first-order valence-corrected chi connectivity index (χ1v) is 10.7. The highest BCUT2D eigenvalue weighted by atomic mass is 35.5. The molecule has 0 aliphatic carbocycles. The summed E-state index contributed by atoms with van der Waals surface area (Å²) in [5.41, 5.74) is 1.97. The van der Waals surface area contributed by atoms with Crippen LogP contribution in [0.25, 0.3) is 0 Å². The van der Waals surface area contributed by atoms with Gasteiger partial charge in [-0.05, 0) is 37.2 Å². The zero-order valence-electron chi connectivity index (χ0n) is 16.3. The van der Waals surface area contributed by atoms with Crippen LogP contribution in [0.5, 0.6) is 0 Å². The van der Waals surface area contributed by atoms with Crippen molar-refractivity contribution in [3.05, 3.63) is 35.9 Å². The summed E-state index contributed by atoms with van der Waals surface area (Å²) in [7, 11) is 0. The molecule has 0 aliphatic rings. The summed E-state index contributed by atoms with van der Waals surface area (Å²) in [5, 5.41) is 0.355. The highest BCUT2D eigenvalue weighted by molar-refractivity contribution is 6.20. The van der Waals surface area contributed by atoms with E-state index in [-0.39, 0.29) is 0 Å². The number of alkyl halides is 1. The number of hydrogen-bond donors (Lipinski definition) is 0. The first-order valence-electron chi connectivity index (χ1n) is 10.2. The minimum Gasteiger partial charge on any atom is -0.123 e. The fourth-order valence-corrected chi connectivity index (χ4v) is 3.67. The van der Waals surface area contributed by atoms with Gasteiger partial charge in [0.25, 0.3) is 0 Å². The minimum absolute atomic E-state index is 0.355. The second kappa shape index (κ2) is 12.8. The summed E-state index contributed by atoms with van der Waals surface area (Å²) in [5.74, 6) is 0. The second-order valence-corrected chi connectivity index (χ2v) is 8.72. The topological polar surface area (TPSA) is 0 Å². The highest BCUT2D eigenvalue weighted by Gasteiger charge is 2.21. The lowest BCUT2D eigenvalue weighted by atomic mass is 9.77. The van der Waals surface area contributed by atoms with Crippen LogP contribution in [0.3, 0.4) is 0 Å². The summed E-state index contributed by atoms with van der Waals surface area (Å²) in [6.07, 6.45) is 16.1. The van der Waals surface area contributed by atoms with E-state index in [1.54, 1.807) is 0 Å². The van der Waals surface area contributed by atoms with Crippen LogP contribution in [0, 0.1) is 5.41 Å². The molecule has 0 spiro atoms. The molecule has 24 heavy (non-hydrogen) atoms. The molecule has 2 unspecified atom stereocenters. The van der Waals surface area contributed by atoms with Crippen molar-refractivity contribution in [3.8, 4) is 0 Å². The maximum atomic E-state index is 5.97. The predicted molar refractivity (Wildman–Crippen MR) is 110 cm³/mol. The van der Waals surface area contributed by atoms with E-state index in [1.165, 1.54) is 82.6 Å². The predicted octanol–water partition coefficient (Wildman–Crippen LogP) is 8.17. The Balaban J connectivity index is 2.06. The van der Waals surface area contributed by atoms with Gasteiger partial charge in [-0.25, -0.2) is 0 Å². The Hall–Kier alpha value is -0.490. The van der Waals surface area contributed by atoms with Crippen LogP contribution in [0.1, 0.15) is 97.0 Å². The molecule has 0 fully saturated rings. The zero-order chi connectivity index (χ0) is 17.7. The van der Waals surface area contributed by atoms with E-state index in [2.05, 4.69) is 51.1 Å². The molecule has 0 radical (unpaired) electrons. The molecule has 0 saturated carbocycles. The van der Waals surface area contributed by atoms with Crippen molar-refractivity contribution >= 4 is 11.6 Å². The summed E-state index contributed by atoms with van der Waals surface area (Å²) < 4.78 is 0. The van der Waals surface area contributed by atoms with Gasteiger partial charge in [0.2, 0.25) is 0 Å². The Morgan fingerprint density at radius 1 is 0.875 bits per heavy atom. The molecule has 2 atom stereocenters. The van der Waals surface area contributed by atoms with E-state index in [1.807, 2.05) is 0 Å². The van der Waals surface area contributed by atoms with Crippen LogP contribution in [0.15, 0.2) is 30.3 Å². The van der Waals surface area contributed by atoms with E-state index < -0.39 is 0 Å². The van der Waals surface area contributed by atoms with Crippen molar-refractivity contribution in [2.45, 2.75) is 103 Å². The molecule has 0 saturated heterocycles. The van der Waals surface area contributed by atoms with Crippen molar-refractivity contribution in [2.75, 3.05) is 0 Å². The van der Waals surface area contributed by atoms with Crippen LogP contribution in [0.2, 0.25) is 0 Å². The third-order valence-corrected chi connectivity index (χ3v) is 5.68. The van der Waals surface area contributed by atoms with Gasteiger partial charge >= 0.3 is 0 Å². The fraction of sp³-hybridized carbons (Fsp3) is 0.739. The van der Waals surface area contributed by atoms with Crippen molar-refractivity contribution in [2.24, 2.45) is 5.41 Å². The van der Waals surface area contributed by atoms with Gasteiger partial charge in [-0.1, -0.05) is 102 Å². The fourth-order valence-electron chi connectivity index (χ4n) is 3.52. The monoisotopic (exact) mass is 350 g/mol. The molecule has 0 N–H and O–H groups in total. The molecule has 0 aromatic heterocycles. The van der Waals surface area contributed by atoms with Crippen LogP contribution < -0.4 is 0 Å². The summed E-state index contributed by atoms with van der Waals surface area (Å²) in [6, 6.07) is 11.0. The van der Waals surface area contributed by atoms with E-state index in [9.17, 15) is 0 Å². The Labute approximate surface area is 156 Å². The third kappa shape index (κ3) is 10.4. The van der Waals surface area contributed by atoms with Crippen molar-refractivity contribution in [1.29, 1.82) is 0 Å². The normalized spacial score (nSPS) is 15.2. The van der Waals surface area contributed by atoms with E-state index in [0.717, 1.165) is 0 Å². The molecule has 1 rings (SSSR count). The lowest BCUT2D eigenvalue weighted by Crippen LogP contribution is -2.18. The average molecular weight is 351 g/mol. The summed E-state index contributed by atoms with van der Waals surface area (Å²) in [6.45, 7) is 6.92. The highest BCUT2D eigenvalue weighted by Crippen LogP contribution is 2.32. The lowest BCUT2D eigenvalue weighted by Gasteiger charge is -2.28. The summed E-state index contributed by atoms with van der Waals surface area (Å²) >= 11 is 5.97. The number of benzene rings is 1. The molecule has 0 aliphatic heterocycles. The molecular weight excluding hydrogens is 312 g/mol. The molecule has 0 bridgehead atoms. The number of hydrogen-bond acceptors (Lipinski definition) is 0. The number of halogens is 1. The van der Waals surface area contributed by atoms with Gasteiger partial charge in [0, 0.05) is 5.38 Å². The van der Waals surface area contributed by atoms with E-state index in [4.69, 9.17) is 11.6 Å². The largest absolute Gasteiger partial charge is 0.123 e. The van der Waals surface area contributed by atoms with Gasteiger partial charge in [0.1, 0.15) is 0 Å². The van der Waals surface area contributed by atoms with Crippen molar-refractivity contribution < 1.29 is 0 Å². The SMILES string of the molecule is CCC(C)(CCCCCCCCCCC(C)Cl)Cc1ccccc1. The van der Waals surface area contributed by atoms with Gasteiger partial charge in [-0.2, -0.15) is 0 Å². The molecule has 1 aromatic carbocycles. The van der Waals surface area contributed by atoms with Crippen LogP contribution in [-0.2, 0) is 6.42 Å². The first-order chi connectivity index (χ1) is 11.6. The van der Waals surface area contributed by atoms with Crippen molar-refractivity contribution in [3.63, 3.8) is 0 Å². The van der Waals surface area contributed by atoms with Gasteiger partial charge in [0.05, 0.1) is 0 Å². The molecule has 138 valence electrons. The molecule has 1 aromatic rings. The molecule has 0 amide bonds. The van der Waals surface area contributed by atoms with Gasteiger partial charge in [-0.3, -0.25) is 0 Å². The maximum absolute atomic E-state index is 5.97. The maximum Gasteiger partial charge on any atom is 0.0307 e. The first kappa shape index (κ1) is 21.6. The van der Waals surface area contributed by atoms with Crippen LogP contribution >= 0.6 is 11.6 Å². The van der Waals surface area contributed by atoms with Crippen LogP contribution in [-0.4, -0.2) is 5.38 Å². The molecule has 1 heteroatoms. The van der Waals surface area contributed by atoms with Gasteiger partial charge in [-0.15, -0.1) is 11.6 Å². The molecule has 0 nitrogen and oxygen atoms in total. The van der Waals surface area contributed by atoms with Gasteiger partial charge < -0.3 is 0 Å². The number of rotatable bonds is 14. The Kier molecular flexibility index (Phi) is 11.5. The van der Waals surface area contributed by atoms with E-state index in [0.29, 0.717) is 10.8 Å². The molecule has 0 heterocycles. The van der Waals surface area contributed by atoms with Crippen LogP contribution in [0.4, 0.5) is 0 Å². The second-order valence-electron chi connectivity index (χ2n) is 7.97. The Bertz CT molecular complexity index is 398. The van der Waals surface area contributed by atoms with Crippen molar-refractivity contribution in [1.82, 2.24) is 0 Å². The standard InChI is InChI=1S/C23H39Cl/c1-4-23(3,20-22-17-13-11-14-18-22)19-15-10-8-6-5-7-9-12-16-21(2)24/h11,13-14,17-18,21H,4-10,12,15-16,19-20H2,1-3H3. The zero-order valence-corrected chi connectivity index (χ0v) is 17.1. The minimum atomic E-state index is 0.355. The van der Waals surface area contributed by atoms with Gasteiger partial charge in [0.15, 0.2) is 0 Å².